The SMILES string of the molecule is NC1CC2CS(=O)(=O)CC(C1)C2NC(=O)CCNc1ccccc1[N+](=O)[O-]. The van der Waals surface area contributed by atoms with Gasteiger partial charge in [0.25, 0.3) is 5.69 Å². The maximum atomic E-state index is 12.3. The average molecular weight is 396 g/mol. The number of nitro benzene ring substituents is 1. The number of nitro groups is 1. The lowest BCUT2D eigenvalue weighted by molar-refractivity contribution is -0.384. The number of fused-ring (bicyclic) bond motifs is 2. The minimum Gasteiger partial charge on any atom is -0.379 e. The molecule has 1 aromatic rings. The predicted molar refractivity (Wildman–Crippen MR) is 101 cm³/mol. The molecule has 2 bridgehead atoms. The van der Waals surface area contributed by atoms with E-state index in [2.05, 4.69) is 10.6 Å². The third-order valence-corrected chi connectivity index (χ3v) is 7.13. The number of nitrogens with zero attached hydrogens (tertiary/aromatic N) is 1. The Morgan fingerprint density at radius 1 is 1.22 bits per heavy atom. The molecule has 27 heavy (non-hydrogen) atoms. The van der Waals surface area contributed by atoms with Gasteiger partial charge in [0.1, 0.15) is 5.69 Å². The van der Waals surface area contributed by atoms with Gasteiger partial charge in [-0.25, -0.2) is 8.42 Å². The highest BCUT2D eigenvalue weighted by atomic mass is 32.2. The zero-order valence-electron chi connectivity index (χ0n) is 14.8. The molecule has 1 heterocycles. The van der Waals surface area contributed by atoms with E-state index in [-0.39, 0.29) is 60.0 Å². The van der Waals surface area contributed by atoms with Crippen molar-refractivity contribution in [1.82, 2.24) is 5.32 Å². The molecule has 1 amide bonds. The van der Waals surface area contributed by atoms with Gasteiger partial charge in [-0.05, 0) is 30.7 Å². The summed E-state index contributed by atoms with van der Waals surface area (Å²) in [7, 11) is -3.08. The zero-order valence-corrected chi connectivity index (χ0v) is 15.7. The molecular formula is C17H24N4O5S. The van der Waals surface area contributed by atoms with Crippen molar-refractivity contribution in [1.29, 1.82) is 0 Å². The molecule has 3 rings (SSSR count). The second kappa shape index (κ2) is 7.81. The molecule has 1 aliphatic carbocycles. The Kier molecular flexibility index (Phi) is 5.66. The third-order valence-electron chi connectivity index (χ3n) is 5.26. The van der Waals surface area contributed by atoms with Crippen molar-refractivity contribution in [2.45, 2.75) is 31.3 Å². The number of nitrogens with one attached hydrogen (secondary N) is 2. The zero-order chi connectivity index (χ0) is 19.6. The number of anilines is 1. The minimum atomic E-state index is -3.08. The topological polar surface area (TPSA) is 144 Å². The van der Waals surface area contributed by atoms with Crippen LogP contribution in [0.1, 0.15) is 19.3 Å². The van der Waals surface area contributed by atoms with Crippen LogP contribution in [0, 0.1) is 22.0 Å². The average Bonchev–Trinajstić information content (AvgIpc) is 2.56. The summed E-state index contributed by atoms with van der Waals surface area (Å²) in [4.78, 5) is 22.9. The van der Waals surface area contributed by atoms with Gasteiger partial charge < -0.3 is 16.4 Å². The van der Waals surface area contributed by atoms with E-state index >= 15 is 0 Å². The highest BCUT2D eigenvalue weighted by Gasteiger charge is 2.45. The summed E-state index contributed by atoms with van der Waals surface area (Å²) in [5.74, 6) is -0.363. The predicted octanol–water partition coefficient (Wildman–Crippen LogP) is 0.664. The number of hydrogen-bond acceptors (Lipinski definition) is 7. The molecule has 4 N–H and O–H groups in total. The van der Waals surface area contributed by atoms with E-state index in [1.807, 2.05) is 0 Å². The maximum absolute atomic E-state index is 12.3. The van der Waals surface area contributed by atoms with Gasteiger partial charge in [-0.15, -0.1) is 0 Å². The highest BCUT2D eigenvalue weighted by Crippen LogP contribution is 2.35. The van der Waals surface area contributed by atoms with Crippen LogP contribution in [0.2, 0.25) is 0 Å². The first-order valence-electron chi connectivity index (χ1n) is 8.98. The van der Waals surface area contributed by atoms with Gasteiger partial charge in [0.15, 0.2) is 9.84 Å². The Bertz CT molecular complexity index is 806. The van der Waals surface area contributed by atoms with E-state index in [1.165, 1.54) is 6.07 Å². The highest BCUT2D eigenvalue weighted by molar-refractivity contribution is 7.91. The van der Waals surface area contributed by atoms with E-state index in [4.69, 9.17) is 5.73 Å². The molecular weight excluding hydrogens is 372 g/mol. The summed E-state index contributed by atoms with van der Waals surface area (Å²) in [6.45, 7) is 0.247. The smallest absolute Gasteiger partial charge is 0.292 e. The summed E-state index contributed by atoms with van der Waals surface area (Å²) in [5.41, 5.74) is 6.34. The Labute approximate surface area is 157 Å². The largest absolute Gasteiger partial charge is 0.379 e. The van der Waals surface area contributed by atoms with E-state index < -0.39 is 14.8 Å². The number of amides is 1. The quantitative estimate of drug-likeness (QED) is 0.473. The van der Waals surface area contributed by atoms with Crippen molar-refractivity contribution in [3.63, 3.8) is 0 Å². The Morgan fingerprint density at radius 2 is 1.85 bits per heavy atom. The standard InChI is InChI=1S/C17H24N4O5S/c18-13-7-11-9-27(25,26)10-12(8-13)17(11)20-16(22)5-6-19-14-3-1-2-4-15(14)21(23)24/h1-4,11-13,17,19H,5-10,18H2,(H,20,22). The summed E-state index contributed by atoms with van der Waals surface area (Å²) in [5, 5.41) is 16.9. The molecule has 9 nitrogen and oxygen atoms in total. The van der Waals surface area contributed by atoms with Crippen LogP contribution in [0.4, 0.5) is 11.4 Å². The first-order valence-corrected chi connectivity index (χ1v) is 10.8. The van der Waals surface area contributed by atoms with E-state index in [1.54, 1.807) is 18.2 Å². The van der Waals surface area contributed by atoms with Crippen LogP contribution >= 0.6 is 0 Å². The van der Waals surface area contributed by atoms with Gasteiger partial charge in [0.05, 0.1) is 16.4 Å². The van der Waals surface area contributed by atoms with Crippen molar-refractivity contribution in [2.24, 2.45) is 17.6 Å². The molecule has 1 aromatic carbocycles. The molecule has 2 fully saturated rings. The summed E-state index contributed by atoms with van der Waals surface area (Å²) < 4.78 is 24.0. The molecule has 1 saturated carbocycles. The van der Waals surface area contributed by atoms with Gasteiger partial charge in [-0.3, -0.25) is 14.9 Å². The van der Waals surface area contributed by atoms with Crippen LogP contribution in [0.25, 0.3) is 0 Å². The minimum absolute atomic E-state index is 0.0241. The molecule has 0 radical (unpaired) electrons. The first kappa shape index (κ1) is 19.6. The fourth-order valence-corrected chi connectivity index (χ4v) is 6.33. The van der Waals surface area contributed by atoms with Gasteiger partial charge in [-0.1, -0.05) is 12.1 Å². The van der Waals surface area contributed by atoms with Crippen LogP contribution in [-0.2, 0) is 14.6 Å². The fourth-order valence-electron chi connectivity index (χ4n) is 4.20. The van der Waals surface area contributed by atoms with Gasteiger partial charge in [0, 0.05) is 31.1 Å². The summed E-state index contributed by atoms with van der Waals surface area (Å²) >= 11 is 0. The van der Waals surface area contributed by atoms with Crippen LogP contribution in [0.5, 0.6) is 0 Å². The normalized spacial score (nSPS) is 28.9. The van der Waals surface area contributed by atoms with Crippen molar-refractivity contribution < 1.29 is 18.1 Å². The maximum Gasteiger partial charge on any atom is 0.292 e. The molecule has 1 saturated heterocycles. The molecule has 1 aliphatic heterocycles. The number of carbonyl (C=O) groups excluding carboxylic acids is 1. The van der Waals surface area contributed by atoms with Crippen LogP contribution in [0.15, 0.2) is 24.3 Å². The van der Waals surface area contributed by atoms with Crippen molar-refractivity contribution in [2.75, 3.05) is 23.4 Å². The van der Waals surface area contributed by atoms with Crippen molar-refractivity contribution in [3.8, 4) is 0 Å². The van der Waals surface area contributed by atoms with Crippen LogP contribution < -0.4 is 16.4 Å². The summed E-state index contributed by atoms with van der Waals surface area (Å²) in [6.07, 6.45) is 1.32. The Morgan fingerprint density at radius 3 is 2.48 bits per heavy atom. The molecule has 2 unspecified atom stereocenters. The molecule has 0 aromatic heterocycles. The van der Waals surface area contributed by atoms with Crippen molar-refractivity contribution in [3.05, 3.63) is 34.4 Å². The lowest BCUT2D eigenvalue weighted by atomic mass is 9.75. The van der Waals surface area contributed by atoms with Gasteiger partial charge in [0.2, 0.25) is 5.91 Å². The lowest BCUT2D eigenvalue weighted by Gasteiger charge is -2.44. The Balaban J connectivity index is 1.55. The number of hydrogen-bond donors (Lipinski definition) is 3. The first-order chi connectivity index (χ1) is 12.7. The third kappa shape index (κ3) is 4.75. The number of nitrogens with two attached hydrogens (primary N) is 1. The van der Waals surface area contributed by atoms with E-state index in [0.29, 0.717) is 18.5 Å². The second-order valence-electron chi connectivity index (χ2n) is 7.37. The fraction of sp³-hybridized carbons (Fsp3) is 0.588. The van der Waals surface area contributed by atoms with Crippen molar-refractivity contribution >= 4 is 27.1 Å². The number of carbonyl (C=O) groups is 1. The van der Waals surface area contributed by atoms with Crippen LogP contribution in [-0.4, -0.2) is 49.4 Å². The molecule has 2 aliphatic rings. The number of rotatable bonds is 6. The monoisotopic (exact) mass is 396 g/mol. The van der Waals surface area contributed by atoms with E-state index in [9.17, 15) is 23.3 Å². The number of sulfone groups is 1. The number of para-hydroxylation sites is 2. The van der Waals surface area contributed by atoms with Crippen LogP contribution in [0.3, 0.4) is 0 Å². The number of benzene rings is 1. The Hall–Kier alpha value is -2.20. The van der Waals surface area contributed by atoms with E-state index in [0.717, 1.165) is 0 Å². The lowest BCUT2D eigenvalue weighted by Crippen LogP contribution is -2.58. The molecule has 2 atom stereocenters. The molecule has 148 valence electrons. The second-order valence-corrected chi connectivity index (χ2v) is 9.53. The molecule has 0 spiro atoms. The molecule has 10 heteroatoms. The van der Waals surface area contributed by atoms with Gasteiger partial charge in [-0.2, -0.15) is 0 Å². The van der Waals surface area contributed by atoms with Gasteiger partial charge >= 0.3 is 0 Å². The summed E-state index contributed by atoms with van der Waals surface area (Å²) in [6, 6.07) is 6.05.